The molecule has 2 heterocycles. The summed E-state index contributed by atoms with van der Waals surface area (Å²) in [4.78, 5) is 17.1. The van der Waals surface area contributed by atoms with Crippen LogP contribution in [0.4, 0.5) is 0 Å². The first-order valence-electron chi connectivity index (χ1n) is 11.0. The van der Waals surface area contributed by atoms with Gasteiger partial charge in [-0.2, -0.15) is 0 Å². The Morgan fingerprint density at radius 3 is 2.35 bits per heavy atom. The third-order valence-electron chi connectivity index (χ3n) is 5.91. The van der Waals surface area contributed by atoms with Crippen LogP contribution in [-0.4, -0.2) is 54.8 Å². The number of carbonyl (C=O) groups excluding carboxylic acids is 1. The third-order valence-corrected chi connectivity index (χ3v) is 5.91. The Balaban J connectivity index is 1.26. The first kappa shape index (κ1) is 21.5. The molecule has 6 heteroatoms. The van der Waals surface area contributed by atoms with Gasteiger partial charge in [0.25, 0.3) is 5.91 Å². The predicted molar refractivity (Wildman–Crippen MR) is 120 cm³/mol. The summed E-state index contributed by atoms with van der Waals surface area (Å²) >= 11 is 0. The highest BCUT2D eigenvalue weighted by atomic mass is 16.7. The molecule has 31 heavy (non-hydrogen) atoms. The molecular formula is C25H32N2O4. The quantitative estimate of drug-likeness (QED) is 0.730. The maximum Gasteiger partial charge on any atom is 0.263 e. The molecule has 1 unspecified atom stereocenters. The summed E-state index contributed by atoms with van der Waals surface area (Å²) in [6, 6.07) is 14.1. The molecule has 2 aromatic carbocycles. The second-order valence-electron chi connectivity index (χ2n) is 9.32. The summed E-state index contributed by atoms with van der Waals surface area (Å²) in [5, 5.41) is 0. The molecular weight excluding hydrogens is 392 g/mol. The fourth-order valence-corrected chi connectivity index (χ4v) is 3.97. The van der Waals surface area contributed by atoms with Gasteiger partial charge < -0.3 is 19.1 Å². The maximum atomic E-state index is 12.9. The number of piperazine rings is 1. The zero-order valence-corrected chi connectivity index (χ0v) is 18.9. The Kier molecular flexibility index (Phi) is 6.10. The van der Waals surface area contributed by atoms with Gasteiger partial charge in [0.2, 0.25) is 6.79 Å². The molecule has 1 atom stereocenters. The first-order valence-corrected chi connectivity index (χ1v) is 11.0. The molecule has 166 valence electrons. The number of amides is 1. The average Bonchev–Trinajstić information content (AvgIpc) is 3.21. The Bertz CT molecular complexity index is 912. The van der Waals surface area contributed by atoms with E-state index < -0.39 is 6.10 Å². The number of nitrogens with zero attached hydrogens (tertiary/aromatic N) is 2. The minimum Gasteiger partial charge on any atom is -0.481 e. The average molecular weight is 425 g/mol. The van der Waals surface area contributed by atoms with Crippen molar-refractivity contribution < 1.29 is 19.0 Å². The van der Waals surface area contributed by atoms with Crippen LogP contribution in [0.2, 0.25) is 0 Å². The van der Waals surface area contributed by atoms with Crippen molar-refractivity contribution in [1.29, 1.82) is 0 Å². The van der Waals surface area contributed by atoms with E-state index in [-0.39, 0.29) is 11.3 Å². The van der Waals surface area contributed by atoms with Crippen molar-refractivity contribution in [2.75, 3.05) is 33.0 Å². The molecule has 0 aromatic heterocycles. The molecule has 6 nitrogen and oxygen atoms in total. The number of fused-ring (bicyclic) bond motifs is 1. The van der Waals surface area contributed by atoms with Crippen molar-refractivity contribution >= 4 is 5.91 Å². The molecule has 2 aromatic rings. The third kappa shape index (κ3) is 5.13. The summed E-state index contributed by atoms with van der Waals surface area (Å²) in [6.45, 7) is 12.6. The predicted octanol–water partition coefficient (Wildman–Crippen LogP) is 3.82. The zero-order chi connectivity index (χ0) is 22.0. The Labute approximate surface area is 184 Å². The number of carbonyl (C=O) groups is 1. The lowest BCUT2D eigenvalue weighted by atomic mass is 9.87. The molecule has 4 rings (SSSR count). The van der Waals surface area contributed by atoms with Crippen LogP contribution in [0.3, 0.4) is 0 Å². The van der Waals surface area contributed by atoms with Crippen molar-refractivity contribution in [3.63, 3.8) is 0 Å². The fourth-order valence-electron chi connectivity index (χ4n) is 3.97. The summed E-state index contributed by atoms with van der Waals surface area (Å²) in [7, 11) is 0. The molecule has 2 aliphatic rings. The number of hydrogen-bond donors (Lipinski definition) is 0. The normalized spacial score (nSPS) is 17.5. The summed E-state index contributed by atoms with van der Waals surface area (Å²) in [5.41, 5.74) is 2.54. The van der Waals surface area contributed by atoms with Crippen molar-refractivity contribution in [2.45, 2.75) is 45.8 Å². The van der Waals surface area contributed by atoms with Crippen LogP contribution in [0.15, 0.2) is 42.5 Å². The van der Waals surface area contributed by atoms with Gasteiger partial charge >= 0.3 is 0 Å². The molecule has 0 spiro atoms. The van der Waals surface area contributed by atoms with E-state index in [1.54, 1.807) is 0 Å². The van der Waals surface area contributed by atoms with Crippen molar-refractivity contribution in [3.05, 3.63) is 53.6 Å². The van der Waals surface area contributed by atoms with E-state index in [4.69, 9.17) is 14.2 Å². The van der Waals surface area contributed by atoms with Gasteiger partial charge in [-0.15, -0.1) is 0 Å². The van der Waals surface area contributed by atoms with Crippen LogP contribution >= 0.6 is 0 Å². The van der Waals surface area contributed by atoms with Crippen molar-refractivity contribution in [2.24, 2.45) is 0 Å². The van der Waals surface area contributed by atoms with Crippen LogP contribution in [0.1, 0.15) is 38.8 Å². The lowest BCUT2D eigenvalue weighted by Crippen LogP contribution is -2.51. The largest absolute Gasteiger partial charge is 0.481 e. The lowest BCUT2D eigenvalue weighted by molar-refractivity contribution is -0.139. The van der Waals surface area contributed by atoms with Gasteiger partial charge in [-0.25, -0.2) is 0 Å². The van der Waals surface area contributed by atoms with E-state index in [0.29, 0.717) is 19.9 Å². The number of rotatable bonds is 5. The Morgan fingerprint density at radius 1 is 1.00 bits per heavy atom. The van der Waals surface area contributed by atoms with Crippen molar-refractivity contribution in [3.8, 4) is 17.2 Å². The first-order chi connectivity index (χ1) is 14.8. The zero-order valence-electron chi connectivity index (χ0n) is 18.9. The van der Waals surface area contributed by atoms with Gasteiger partial charge in [0, 0.05) is 32.7 Å². The smallest absolute Gasteiger partial charge is 0.263 e. The maximum absolute atomic E-state index is 12.9. The standard InChI is InChI=1S/C25H32N2O4/c1-18(31-21-8-6-20(7-9-21)25(2,3)4)24(28)27-13-11-26(12-14-27)16-19-5-10-22-23(15-19)30-17-29-22/h5-10,15,18H,11-14,16-17H2,1-4H3. The topological polar surface area (TPSA) is 51.2 Å². The molecule has 1 amide bonds. The number of ether oxygens (including phenoxy) is 3. The van der Waals surface area contributed by atoms with E-state index >= 15 is 0 Å². The minimum absolute atomic E-state index is 0.0441. The Morgan fingerprint density at radius 2 is 1.68 bits per heavy atom. The molecule has 2 aliphatic heterocycles. The molecule has 0 saturated carbocycles. The van der Waals surface area contributed by atoms with Crippen LogP contribution in [0, 0.1) is 0 Å². The number of benzene rings is 2. The molecule has 0 aliphatic carbocycles. The van der Waals surface area contributed by atoms with Crippen LogP contribution in [0.5, 0.6) is 17.2 Å². The van der Waals surface area contributed by atoms with Crippen molar-refractivity contribution in [1.82, 2.24) is 9.80 Å². The lowest BCUT2D eigenvalue weighted by Gasteiger charge is -2.36. The van der Waals surface area contributed by atoms with Crippen LogP contribution in [0.25, 0.3) is 0 Å². The highest BCUT2D eigenvalue weighted by molar-refractivity contribution is 5.81. The van der Waals surface area contributed by atoms with E-state index in [1.165, 1.54) is 11.1 Å². The van der Waals surface area contributed by atoms with Gasteiger partial charge in [-0.3, -0.25) is 9.69 Å². The van der Waals surface area contributed by atoms with E-state index in [0.717, 1.165) is 36.9 Å². The summed E-state index contributed by atoms with van der Waals surface area (Å²) in [5.74, 6) is 2.40. The highest BCUT2D eigenvalue weighted by Gasteiger charge is 2.26. The molecule has 0 radical (unpaired) electrons. The molecule has 1 saturated heterocycles. The second-order valence-corrected chi connectivity index (χ2v) is 9.32. The SMILES string of the molecule is CC(Oc1ccc(C(C)(C)C)cc1)C(=O)N1CCN(Cc2ccc3c(c2)OCO3)CC1. The molecule has 0 bridgehead atoms. The number of hydrogen-bond acceptors (Lipinski definition) is 5. The van der Waals surface area contributed by atoms with Crippen LogP contribution < -0.4 is 14.2 Å². The van der Waals surface area contributed by atoms with E-state index in [1.807, 2.05) is 36.1 Å². The van der Waals surface area contributed by atoms with E-state index in [2.05, 4.69) is 43.9 Å². The summed E-state index contributed by atoms with van der Waals surface area (Å²) < 4.78 is 16.8. The van der Waals surface area contributed by atoms with Crippen LogP contribution in [-0.2, 0) is 16.8 Å². The Hall–Kier alpha value is -2.73. The molecule has 0 N–H and O–H groups in total. The minimum atomic E-state index is -0.499. The fraction of sp³-hybridized carbons (Fsp3) is 0.480. The monoisotopic (exact) mass is 424 g/mol. The van der Waals surface area contributed by atoms with Gasteiger partial charge in [-0.05, 0) is 47.7 Å². The molecule has 1 fully saturated rings. The highest BCUT2D eigenvalue weighted by Crippen LogP contribution is 2.33. The van der Waals surface area contributed by atoms with Gasteiger partial charge in [0.15, 0.2) is 17.6 Å². The van der Waals surface area contributed by atoms with Gasteiger partial charge in [0.05, 0.1) is 0 Å². The van der Waals surface area contributed by atoms with Gasteiger partial charge in [-0.1, -0.05) is 39.0 Å². The van der Waals surface area contributed by atoms with Gasteiger partial charge in [0.1, 0.15) is 5.75 Å². The second kappa shape index (κ2) is 8.79. The summed E-state index contributed by atoms with van der Waals surface area (Å²) in [6.07, 6.45) is -0.499. The van der Waals surface area contributed by atoms with E-state index in [9.17, 15) is 4.79 Å².